The quantitative estimate of drug-likeness (QED) is 0.727. The number of carbonyl (C=O) groups excluding carboxylic acids is 1. The Balaban J connectivity index is 1.27. The third kappa shape index (κ3) is 3.15. The number of rotatable bonds is 4. The molecule has 2 aromatic rings. The summed E-state index contributed by atoms with van der Waals surface area (Å²) in [5, 5.41) is 6.66. The van der Waals surface area contributed by atoms with Gasteiger partial charge in [0.15, 0.2) is 0 Å². The molecular formula is C20H24F3N5O. The molecule has 3 aliphatic rings. The van der Waals surface area contributed by atoms with Crippen molar-refractivity contribution >= 4 is 22.6 Å². The molecule has 2 aromatic heterocycles. The highest BCUT2D eigenvalue weighted by molar-refractivity contribution is 6.08. The number of aromatic amines is 1. The third-order valence-corrected chi connectivity index (χ3v) is 6.78. The molecule has 0 bridgehead atoms. The maximum absolute atomic E-state index is 13.1. The van der Waals surface area contributed by atoms with Gasteiger partial charge in [0, 0.05) is 23.8 Å². The fourth-order valence-corrected chi connectivity index (χ4v) is 4.80. The molecular weight excluding hydrogens is 383 g/mol. The zero-order chi connectivity index (χ0) is 20.2. The lowest BCUT2D eigenvalue weighted by Gasteiger charge is -2.41. The predicted molar refractivity (Wildman–Crippen MR) is 103 cm³/mol. The summed E-state index contributed by atoms with van der Waals surface area (Å²) >= 11 is 0. The molecule has 1 aliphatic heterocycles. The molecule has 156 valence electrons. The van der Waals surface area contributed by atoms with E-state index in [1.54, 1.807) is 6.20 Å². The molecule has 0 radical (unpaired) electrons. The van der Waals surface area contributed by atoms with E-state index in [4.69, 9.17) is 0 Å². The van der Waals surface area contributed by atoms with E-state index < -0.39 is 11.7 Å². The summed E-state index contributed by atoms with van der Waals surface area (Å²) < 4.78 is 39.4. The number of hydrogen-bond donors (Lipinski definition) is 3. The largest absolute Gasteiger partial charge is 0.406 e. The summed E-state index contributed by atoms with van der Waals surface area (Å²) in [4.78, 5) is 22.0. The van der Waals surface area contributed by atoms with Crippen LogP contribution in [0.25, 0.3) is 11.0 Å². The summed E-state index contributed by atoms with van der Waals surface area (Å²) in [6, 6.07) is 2.19. The Labute approximate surface area is 166 Å². The van der Waals surface area contributed by atoms with Crippen LogP contribution in [0.4, 0.5) is 18.9 Å². The number of carbonyl (C=O) groups is 1. The summed E-state index contributed by atoms with van der Waals surface area (Å²) in [6.45, 7) is 0.867. The molecule has 2 saturated carbocycles. The van der Waals surface area contributed by atoms with Crippen molar-refractivity contribution in [2.45, 2.75) is 56.3 Å². The van der Waals surface area contributed by atoms with Gasteiger partial charge in [0.2, 0.25) is 0 Å². The van der Waals surface area contributed by atoms with Crippen LogP contribution in [0, 0.1) is 5.92 Å². The van der Waals surface area contributed by atoms with E-state index >= 15 is 0 Å². The van der Waals surface area contributed by atoms with Gasteiger partial charge in [-0.15, -0.1) is 0 Å². The number of nitrogens with zero attached hydrogens (tertiary/aromatic N) is 2. The van der Waals surface area contributed by atoms with Crippen LogP contribution in [0.3, 0.4) is 0 Å². The van der Waals surface area contributed by atoms with Gasteiger partial charge in [-0.1, -0.05) is 0 Å². The van der Waals surface area contributed by atoms with Crippen molar-refractivity contribution in [3.63, 3.8) is 0 Å². The Hall–Kier alpha value is -2.29. The third-order valence-electron chi connectivity index (χ3n) is 6.78. The first-order chi connectivity index (χ1) is 13.9. The second-order valence-corrected chi connectivity index (χ2v) is 8.53. The first-order valence-corrected chi connectivity index (χ1v) is 10.2. The maximum atomic E-state index is 13.1. The number of fused-ring (bicyclic) bond motifs is 3. The van der Waals surface area contributed by atoms with Crippen molar-refractivity contribution in [1.29, 1.82) is 0 Å². The number of hydrogen-bond acceptors (Lipinski definition) is 4. The smallest absolute Gasteiger partial charge is 0.350 e. The highest BCUT2D eigenvalue weighted by atomic mass is 19.4. The van der Waals surface area contributed by atoms with Crippen LogP contribution >= 0.6 is 0 Å². The monoisotopic (exact) mass is 407 g/mol. The maximum Gasteiger partial charge on any atom is 0.406 e. The van der Waals surface area contributed by atoms with Crippen LogP contribution in [0.2, 0.25) is 0 Å². The number of pyridine rings is 1. The molecule has 2 aliphatic carbocycles. The summed E-state index contributed by atoms with van der Waals surface area (Å²) in [5.41, 5.74) is 0.610. The van der Waals surface area contributed by atoms with E-state index in [-0.39, 0.29) is 30.7 Å². The van der Waals surface area contributed by atoms with Gasteiger partial charge in [0.05, 0.1) is 17.9 Å². The number of halogens is 3. The number of anilines is 1. The van der Waals surface area contributed by atoms with Gasteiger partial charge >= 0.3 is 6.18 Å². The standard InChI is InChI=1S/C20H24F3N5O/c21-20(22,23)19(6-7-19)27-9-12-1-3-13(4-2-12)28-11-26-18(29)15-10-25-17-14(16(15)28)5-8-24-17/h5,8,10,12-13,27H,1-4,6-7,9,11H2,(H,24,25)(H,26,29)/t12-,13-. The molecule has 0 spiro atoms. The molecule has 9 heteroatoms. The topological polar surface area (TPSA) is 73.1 Å². The van der Waals surface area contributed by atoms with E-state index in [0.29, 0.717) is 18.8 Å². The van der Waals surface area contributed by atoms with Crippen LogP contribution in [-0.2, 0) is 0 Å². The van der Waals surface area contributed by atoms with E-state index in [0.717, 1.165) is 42.4 Å². The van der Waals surface area contributed by atoms with Gasteiger partial charge < -0.3 is 20.5 Å². The van der Waals surface area contributed by atoms with Crippen molar-refractivity contribution < 1.29 is 18.0 Å². The van der Waals surface area contributed by atoms with E-state index in [1.807, 2.05) is 12.3 Å². The van der Waals surface area contributed by atoms with Crippen molar-refractivity contribution in [2.24, 2.45) is 5.92 Å². The Kier molecular flexibility index (Phi) is 4.27. The van der Waals surface area contributed by atoms with E-state index in [2.05, 4.69) is 25.5 Å². The number of aromatic nitrogens is 2. The Morgan fingerprint density at radius 1 is 1.24 bits per heavy atom. The van der Waals surface area contributed by atoms with Gasteiger partial charge in [0.1, 0.15) is 11.2 Å². The molecule has 0 aromatic carbocycles. The number of H-pyrrole nitrogens is 1. The fraction of sp³-hybridized carbons (Fsp3) is 0.600. The number of nitrogens with one attached hydrogen (secondary N) is 3. The van der Waals surface area contributed by atoms with Crippen molar-refractivity contribution in [1.82, 2.24) is 20.6 Å². The van der Waals surface area contributed by atoms with Crippen LogP contribution in [0.1, 0.15) is 48.9 Å². The summed E-state index contributed by atoms with van der Waals surface area (Å²) in [6.07, 6.45) is 3.21. The van der Waals surface area contributed by atoms with E-state index in [9.17, 15) is 18.0 Å². The first-order valence-electron chi connectivity index (χ1n) is 10.2. The fourth-order valence-electron chi connectivity index (χ4n) is 4.80. The lowest BCUT2D eigenvalue weighted by atomic mass is 9.84. The van der Waals surface area contributed by atoms with Crippen molar-refractivity contribution in [3.8, 4) is 0 Å². The minimum Gasteiger partial charge on any atom is -0.350 e. The predicted octanol–water partition coefficient (Wildman–Crippen LogP) is 3.31. The average Bonchev–Trinajstić information content (AvgIpc) is 3.36. The van der Waals surface area contributed by atoms with Gasteiger partial charge in [-0.3, -0.25) is 4.79 Å². The van der Waals surface area contributed by atoms with Crippen molar-refractivity contribution in [3.05, 3.63) is 24.0 Å². The minimum absolute atomic E-state index is 0.119. The number of amides is 1. The van der Waals surface area contributed by atoms with Crippen LogP contribution < -0.4 is 15.5 Å². The second kappa shape index (κ2) is 6.62. The molecule has 3 N–H and O–H groups in total. The van der Waals surface area contributed by atoms with Crippen LogP contribution in [0.15, 0.2) is 18.5 Å². The molecule has 1 amide bonds. The van der Waals surface area contributed by atoms with E-state index in [1.165, 1.54) is 0 Å². The van der Waals surface area contributed by atoms with Gasteiger partial charge in [-0.05, 0) is 57.1 Å². The zero-order valence-corrected chi connectivity index (χ0v) is 16.0. The van der Waals surface area contributed by atoms with Gasteiger partial charge in [-0.2, -0.15) is 13.2 Å². The molecule has 29 heavy (non-hydrogen) atoms. The van der Waals surface area contributed by atoms with Crippen LogP contribution in [-0.4, -0.2) is 46.8 Å². The Bertz CT molecular complexity index is 928. The average molecular weight is 407 g/mol. The SMILES string of the molecule is O=C1NCN([C@H]2CC[C@H](CNC3(C(F)(F)F)CC3)CC2)c2c1cnc1[nH]ccc21. The normalized spacial score (nSPS) is 26.3. The Morgan fingerprint density at radius 2 is 2.00 bits per heavy atom. The zero-order valence-electron chi connectivity index (χ0n) is 16.0. The highest BCUT2D eigenvalue weighted by Gasteiger charge is 2.63. The highest BCUT2D eigenvalue weighted by Crippen LogP contribution is 2.49. The molecule has 0 unspecified atom stereocenters. The van der Waals surface area contributed by atoms with Crippen molar-refractivity contribution in [2.75, 3.05) is 18.1 Å². The molecule has 2 fully saturated rings. The second-order valence-electron chi connectivity index (χ2n) is 8.53. The van der Waals surface area contributed by atoms with Crippen LogP contribution in [0.5, 0.6) is 0 Å². The molecule has 5 rings (SSSR count). The molecule has 0 saturated heterocycles. The summed E-state index contributed by atoms with van der Waals surface area (Å²) in [5.74, 6) is 0.140. The molecule has 6 nitrogen and oxygen atoms in total. The lowest BCUT2D eigenvalue weighted by molar-refractivity contribution is -0.166. The minimum atomic E-state index is -4.16. The molecule has 0 atom stereocenters. The summed E-state index contributed by atoms with van der Waals surface area (Å²) in [7, 11) is 0. The van der Waals surface area contributed by atoms with Gasteiger partial charge in [0.25, 0.3) is 5.91 Å². The number of alkyl halides is 3. The van der Waals surface area contributed by atoms with Gasteiger partial charge in [-0.25, -0.2) is 4.98 Å². The first kappa shape index (κ1) is 18.7. The molecule has 3 heterocycles. The Morgan fingerprint density at radius 3 is 2.69 bits per heavy atom. The lowest BCUT2D eigenvalue weighted by Crippen LogP contribution is -2.51.